The van der Waals surface area contributed by atoms with Crippen LogP contribution in [0.4, 0.5) is 0 Å². The van der Waals surface area contributed by atoms with Gasteiger partial charge in [0.15, 0.2) is 0 Å². The minimum atomic E-state index is -0.567. The number of fused-ring (bicyclic) bond motifs is 3. The van der Waals surface area contributed by atoms with E-state index in [9.17, 15) is 0 Å². The molecule has 0 fully saturated rings. The molecule has 0 saturated carbocycles. The van der Waals surface area contributed by atoms with E-state index in [4.69, 9.17) is 4.98 Å². The molecule has 0 amide bonds. The Kier molecular flexibility index (Phi) is 8.44. The van der Waals surface area contributed by atoms with E-state index in [1.807, 2.05) is 0 Å². The fourth-order valence-corrected chi connectivity index (χ4v) is 8.40. The molecule has 0 radical (unpaired) electrons. The molecule has 1 aromatic heterocycles. The summed E-state index contributed by atoms with van der Waals surface area (Å²) in [6.07, 6.45) is 0. The van der Waals surface area contributed by atoms with Gasteiger partial charge >= 0.3 is 0 Å². The lowest BCUT2D eigenvalue weighted by molar-refractivity contribution is 0.735. The van der Waals surface area contributed by atoms with Gasteiger partial charge in [0.25, 0.3) is 0 Å². The molecule has 0 aliphatic heterocycles. The number of hydrogen-bond acceptors (Lipinski definition) is 1. The quantitative estimate of drug-likeness (QED) is 0.157. The Morgan fingerprint density at radius 3 is 1.49 bits per heavy atom. The fraction of sp³-hybridized carbons (Fsp3) is 0.0238. The lowest BCUT2D eigenvalue weighted by atomic mass is 9.70. The highest BCUT2D eigenvalue weighted by Crippen LogP contribution is 2.56. The molecule has 7 aromatic rings. The summed E-state index contributed by atoms with van der Waals surface area (Å²) >= 11 is 12.1. The summed E-state index contributed by atoms with van der Waals surface area (Å²) in [6.45, 7) is 0. The second-order valence-electron chi connectivity index (χ2n) is 11.7. The van der Waals surface area contributed by atoms with Gasteiger partial charge in [0.05, 0.1) is 16.8 Å². The van der Waals surface area contributed by atoms with Gasteiger partial charge in [-0.25, -0.2) is 0 Å². The van der Waals surface area contributed by atoms with Crippen molar-refractivity contribution >= 4 is 77.0 Å². The Labute approximate surface area is 319 Å². The first-order valence-corrected chi connectivity index (χ1v) is 19.0. The van der Waals surface area contributed by atoms with Crippen LogP contribution in [0.2, 0.25) is 0 Å². The van der Waals surface area contributed by atoms with Crippen LogP contribution in [0.5, 0.6) is 0 Å². The van der Waals surface area contributed by atoms with Crippen LogP contribution in [0, 0.1) is 7.14 Å². The highest BCUT2D eigenvalue weighted by molar-refractivity contribution is 14.1. The van der Waals surface area contributed by atoms with Gasteiger partial charge in [0, 0.05) is 21.6 Å². The van der Waals surface area contributed by atoms with Crippen LogP contribution in [0.3, 0.4) is 0 Å². The first-order chi connectivity index (χ1) is 22.9. The van der Waals surface area contributed by atoms with Crippen LogP contribution in [-0.4, -0.2) is 4.98 Å². The molecule has 0 N–H and O–H groups in total. The maximum Gasteiger partial charge on any atom is 0.0886 e. The number of pyridine rings is 1. The monoisotopic (exact) mass is 955 g/mol. The van der Waals surface area contributed by atoms with E-state index in [1.54, 1.807) is 0 Å². The Morgan fingerprint density at radius 1 is 0.447 bits per heavy atom. The second kappa shape index (κ2) is 12.7. The third-order valence-electron chi connectivity index (χ3n) is 8.99. The Morgan fingerprint density at radius 2 is 0.957 bits per heavy atom. The third-order valence-corrected chi connectivity index (χ3v) is 11.4. The Balaban J connectivity index is 1.39. The van der Waals surface area contributed by atoms with E-state index in [-0.39, 0.29) is 0 Å². The number of rotatable bonds is 5. The fourth-order valence-electron chi connectivity index (χ4n) is 6.89. The van der Waals surface area contributed by atoms with Gasteiger partial charge in [0.1, 0.15) is 0 Å². The number of hydrogen-bond donors (Lipinski definition) is 0. The molecule has 0 spiro atoms. The molecule has 5 heteroatoms. The van der Waals surface area contributed by atoms with Crippen molar-refractivity contribution < 1.29 is 0 Å². The van der Waals surface area contributed by atoms with Gasteiger partial charge in [-0.15, -0.1) is 0 Å². The van der Waals surface area contributed by atoms with E-state index in [2.05, 4.69) is 229 Å². The number of aromatic nitrogens is 1. The minimum Gasteiger partial charge on any atom is -0.251 e. The number of nitrogens with zero attached hydrogens (tertiary/aromatic N) is 1. The molecular weight excluding hydrogens is 932 g/mol. The maximum absolute atomic E-state index is 5.61. The van der Waals surface area contributed by atoms with Gasteiger partial charge in [-0.2, -0.15) is 0 Å². The Bertz CT molecular complexity index is 2170. The van der Waals surface area contributed by atoms with Crippen LogP contribution in [0.25, 0.3) is 44.6 Å². The largest absolute Gasteiger partial charge is 0.251 e. The highest BCUT2D eigenvalue weighted by atomic mass is 127. The molecule has 0 saturated heterocycles. The van der Waals surface area contributed by atoms with Gasteiger partial charge < -0.3 is 0 Å². The van der Waals surface area contributed by atoms with E-state index < -0.39 is 5.41 Å². The maximum atomic E-state index is 5.61. The van der Waals surface area contributed by atoms with E-state index >= 15 is 0 Å². The van der Waals surface area contributed by atoms with Gasteiger partial charge in [-0.05, 0) is 174 Å². The molecule has 0 bridgehead atoms. The molecule has 6 aromatic carbocycles. The minimum absolute atomic E-state index is 0.567. The van der Waals surface area contributed by atoms with Crippen molar-refractivity contribution in [1.29, 1.82) is 0 Å². The summed E-state index contributed by atoms with van der Waals surface area (Å²) in [4.78, 5) is 5.61. The first-order valence-electron chi connectivity index (χ1n) is 15.2. The second-order valence-corrected chi connectivity index (χ2v) is 16.0. The lowest BCUT2D eigenvalue weighted by Crippen LogP contribution is -2.30. The normalized spacial score (nSPS) is 12.9. The average Bonchev–Trinajstić information content (AvgIpc) is 3.38. The smallest absolute Gasteiger partial charge is 0.0886 e. The topological polar surface area (TPSA) is 12.9 Å². The molecule has 1 aliphatic rings. The van der Waals surface area contributed by atoms with Crippen molar-refractivity contribution in [2.24, 2.45) is 0 Å². The number of benzene rings is 6. The van der Waals surface area contributed by atoms with Gasteiger partial charge in [-0.3, -0.25) is 4.98 Å². The standard InChI is InChI=1S/C42H25Br2I2N/c43-32-13-9-26(10-14-32)28-21-29(27-11-15-33(44)16-12-27)23-30(22-28)40-7-4-8-41(47-40)42(31-5-2-1-3-6-31)38-24-34(45)17-19-36(38)37-20-18-35(46)25-39(37)42/h1-25H. The van der Waals surface area contributed by atoms with Crippen molar-refractivity contribution in [3.05, 3.63) is 190 Å². The van der Waals surface area contributed by atoms with Crippen molar-refractivity contribution in [3.8, 4) is 44.6 Å². The zero-order valence-electron chi connectivity index (χ0n) is 24.9. The zero-order chi connectivity index (χ0) is 32.1. The molecule has 1 heterocycles. The lowest BCUT2D eigenvalue weighted by Gasteiger charge is -2.33. The van der Waals surface area contributed by atoms with Gasteiger partial charge in [0.2, 0.25) is 0 Å². The van der Waals surface area contributed by atoms with Crippen molar-refractivity contribution in [1.82, 2.24) is 4.98 Å². The van der Waals surface area contributed by atoms with Crippen molar-refractivity contribution in [2.75, 3.05) is 0 Å². The first kappa shape index (κ1) is 31.2. The van der Waals surface area contributed by atoms with Crippen LogP contribution >= 0.6 is 77.0 Å². The molecule has 47 heavy (non-hydrogen) atoms. The highest BCUT2D eigenvalue weighted by Gasteiger charge is 2.47. The van der Waals surface area contributed by atoms with Crippen LogP contribution < -0.4 is 0 Å². The summed E-state index contributed by atoms with van der Waals surface area (Å²) in [5.41, 5.74) is 13.4. The predicted molar refractivity (Wildman–Crippen MR) is 219 cm³/mol. The van der Waals surface area contributed by atoms with E-state index in [0.717, 1.165) is 48.2 Å². The summed E-state index contributed by atoms with van der Waals surface area (Å²) in [5.74, 6) is 0. The van der Waals surface area contributed by atoms with Crippen LogP contribution in [0.15, 0.2) is 161 Å². The molecule has 226 valence electrons. The molecule has 0 unspecified atom stereocenters. The summed E-state index contributed by atoms with van der Waals surface area (Å²) in [7, 11) is 0. The van der Waals surface area contributed by atoms with E-state index in [1.165, 1.54) is 35.0 Å². The summed E-state index contributed by atoms with van der Waals surface area (Å²) < 4.78 is 4.54. The van der Waals surface area contributed by atoms with E-state index in [0.29, 0.717) is 0 Å². The summed E-state index contributed by atoms with van der Waals surface area (Å²) in [5, 5.41) is 0. The molecule has 1 aliphatic carbocycles. The molecule has 8 rings (SSSR count). The SMILES string of the molecule is Brc1ccc(-c2cc(-c3ccc(Br)cc3)cc(-c3cccc(C4(c5ccccc5)c5cc(I)ccc5-c5ccc(I)cc54)n3)c2)cc1. The van der Waals surface area contributed by atoms with Gasteiger partial charge in [-0.1, -0.05) is 105 Å². The average molecular weight is 957 g/mol. The van der Waals surface area contributed by atoms with Crippen molar-refractivity contribution in [2.45, 2.75) is 5.41 Å². The molecule has 0 atom stereocenters. The molecule has 1 nitrogen and oxygen atoms in total. The van der Waals surface area contributed by atoms with Crippen molar-refractivity contribution in [3.63, 3.8) is 0 Å². The Hall–Kier alpha value is -3.11. The third kappa shape index (κ3) is 5.63. The van der Waals surface area contributed by atoms with Crippen LogP contribution in [0.1, 0.15) is 22.4 Å². The summed E-state index contributed by atoms with van der Waals surface area (Å²) in [6, 6.07) is 55.0. The molecular formula is C42H25Br2I2N. The van der Waals surface area contributed by atoms with Crippen LogP contribution in [-0.2, 0) is 5.41 Å². The number of halogens is 4. The predicted octanol–water partition coefficient (Wildman–Crippen LogP) is 13.2. The zero-order valence-corrected chi connectivity index (χ0v) is 32.4.